The van der Waals surface area contributed by atoms with Crippen LogP contribution in [0, 0.1) is 0 Å². The maximum absolute atomic E-state index is 12.8. The largest absolute Gasteiger partial charge is 0.463 e. The first-order valence-electron chi connectivity index (χ1n) is 9.62. The molecule has 168 valence electrons. The average Bonchev–Trinajstić information content (AvgIpc) is 3.53. The molecule has 33 heavy (non-hydrogen) atoms. The summed E-state index contributed by atoms with van der Waals surface area (Å²) in [6, 6.07) is 13.3. The number of benzene rings is 1. The molecule has 2 amide bonds. The van der Waals surface area contributed by atoms with E-state index in [1.807, 2.05) is 0 Å². The molecular formula is C22H17ClN4O5S. The van der Waals surface area contributed by atoms with E-state index < -0.39 is 23.9 Å². The number of ether oxygens (including phenoxy) is 1. The summed E-state index contributed by atoms with van der Waals surface area (Å²) in [6.45, 7) is 1.41. The molecule has 0 aliphatic rings. The molecule has 0 fully saturated rings. The number of hydrogen-bond donors (Lipinski definition) is 2. The molecule has 3 aromatic heterocycles. The lowest BCUT2D eigenvalue weighted by Crippen LogP contribution is -2.30. The topological polar surface area (TPSA) is 129 Å². The number of nitrogens with one attached hydrogen (secondary N) is 1. The summed E-state index contributed by atoms with van der Waals surface area (Å²) in [6.07, 6.45) is 0.337. The molecule has 9 nitrogen and oxygen atoms in total. The van der Waals surface area contributed by atoms with Gasteiger partial charge in [-0.3, -0.25) is 9.59 Å². The van der Waals surface area contributed by atoms with Gasteiger partial charge in [-0.2, -0.15) is 5.10 Å². The first-order chi connectivity index (χ1) is 15.8. The van der Waals surface area contributed by atoms with Gasteiger partial charge in [0.1, 0.15) is 10.7 Å². The van der Waals surface area contributed by atoms with Gasteiger partial charge in [-0.15, -0.1) is 11.3 Å². The molecule has 4 rings (SSSR count). The number of nitrogens with two attached hydrogens (primary N) is 1. The maximum Gasteiger partial charge on any atom is 0.359 e. The van der Waals surface area contributed by atoms with Gasteiger partial charge in [-0.25, -0.2) is 9.48 Å². The predicted molar refractivity (Wildman–Crippen MR) is 123 cm³/mol. The highest BCUT2D eigenvalue weighted by Gasteiger charge is 2.25. The summed E-state index contributed by atoms with van der Waals surface area (Å²) in [4.78, 5) is 36.7. The van der Waals surface area contributed by atoms with Crippen LogP contribution in [0.2, 0.25) is 5.02 Å². The summed E-state index contributed by atoms with van der Waals surface area (Å²) in [5.74, 6) is -1.63. The fourth-order valence-electron chi connectivity index (χ4n) is 2.97. The minimum absolute atomic E-state index is 0.0324. The Morgan fingerprint density at radius 2 is 2.03 bits per heavy atom. The lowest BCUT2D eigenvalue weighted by atomic mass is 10.2. The van der Waals surface area contributed by atoms with Gasteiger partial charge in [0.25, 0.3) is 11.8 Å². The Kier molecular flexibility index (Phi) is 6.29. The Labute approximate surface area is 196 Å². The number of halogens is 1. The van der Waals surface area contributed by atoms with Gasteiger partial charge >= 0.3 is 5.97 Å². The predicted octanol–water partition coefficient (Wildman–Crippen LogP) is 4.13. The maximum atomic E-state index is 12.8. The van der Waals surface area contributed by atoms with Crippen molar-refractivity contribution in [2.24, 2.45) is 5.73 Å². The number of anilines is 1. The molecule has 0 saturated carbocycles. The second-order valence-corrected chi connectivity index (χ2v) is 8.20. The van der Waals surface area contributed by atoms with Gasteiger partial charge in [0, 0.05) is 11.1 Å². The van der Waals surface area contributed by atoms with E-state index in [9.17, 15) is 14.4 Å². The van der Waals surface area contributed by atoms with E-state index in [0.717, 1.165) is 11.3 Å². The molecule has 3 N–H and O–H groups in total. The van der Waals surface area contributed by atoms with Crippen molar-refractivity contribution in [2.75, 3.05) is 5.32 Å². The zero-order valence-corrected chi connectivity index (χ0v) is 18.7. The molecular weight excluding hydrogens is 468 g/mol. The highest BCUT2D eigenvalue weighted by Crippen LogP contribution is 2.27. The normalized spacial score (nSPS) is 11.7. The lowest BCUT2D eigenvalue weighted by Gasteiger charge is -2.12. The minimum Gasteiger partial charge on any atom is -0.463 e. The van der Waals surface area contributed by atoms with Crippen molar-refractivity contribution in [3.8, 4) is 17.1 Å². The summed E-state index contributed by atoms with van der Waals surface area (Å²) in [5.41, 5.74) is 6.53. The highest BCUT2D eigenvalue weighted by atomic mass is 35.5. The van der Waals surface area contributed by atoms with Gasteiger partial charge < -0.3 is 20.2 Å². The van der Waals surface area contributed by atoms with E-state index in [4.69, 9.17) is 26.5 Å². The SMILES string of the molecule is CC(OC(=O)c1cc(-c2ccco2)n(-c2cccc(Cl)c2)n1)C(=O)Nc1sccc1C(N)=O. The van der Waals surface area contributed by atoms with E-state index in [1.54, 1.807) is 41.8 Å². The number of aromatic nitrogens is 2. The summed E-state index contributed by atoms with van der Waals surface area (Å²) >= 11 is 7.24. The third-order valence-electron chi connectivity index (χ3n) is 4.57. The lowest BCUT2D eigenvalue weighted by molar-refractivity contribution is -0.123. The van der Waals surface area contributed by atoms with Crippen LogP contribution in [0.3, 0.4) is 0 Å². The van der Waals surface area contributed by atoms with E-state index in [1.165, 1.54) is 30.0 Å². The quantitative estimate of drug-likeness (QED) is 0.379. The average molecular weight is 485 g/mol. The fourth-order valence-corrected chi connectivity index (χ4v) is 3.95. The molecule has 0 spiro atoms. The molecule has 1 atom stereocenters. The number of amides is 2. The van der Waals surface area contributed by atoms with E-state index in [-0.39, 0.29) is 16.3 Å². The van der Waals surface area contributed by atoms with Crippen LogP contribution < -0.4 is 11.1 Å². The molecule has 0 bridgehead atoms. The van der Waals surface area contributed by atoms with Crippen molar-refractivity contribution in [3.63, 3.8) is 0 Å². The molecule has 11 heteroatoms. The first-order valence-corrected chi connectivity index (χ1v) is 10.9. The molecule has 0 saturated heterocycles. The number of rotatable bonds is 7. The first kappa shape index (κ1) is 22.3. The van der Waals surface area contributed by atoms with E-state index >= 15 is 0 Å². The zero-order valence-electron chi connectivity index (χ0n) is 17.2. The van der Waals surface area contributed by atoms with Crippen LogP contribution in [0.25, 0.3) is 17.1 Å². The fraction of sp³-hybridized carbons (Fsp3) is 0.0909. The summed E-state index contributed by atoms with van der Waals surface area (Å²) in [5, 5.41) is 9.27. The standard InChI is InChI=1S/C22H17ClN4O5S/c1-12(20(29)25-21-15(19(24)28)7-9-33-21)32-22(30)16-11-17(18-6-3-8-31-18)27(26-16)14-5-2-4-13(23)10-14/h2-12H,1H3,(H2,24,28)(H,25,29). The van der Waals surface area contributed by atoms with E-state index in [2.05, 4.69) is 10.4 Å². The van der Waals surface area contributed by atoms with Crippen molar-refractivity contribution >= 4 is 45.7 Å². The Bertz CT molecular complexity index is 1330. The second-order valence-electron chi connectivity index (χ2n) is 6.85. The van der Waals surface area contributed by atoms with Gasteiger partial charge in [0.15, 0.2) is 17.6 Å². The number of primary amides is 1. The van der Waals surface area contributed by atoms with Gasteiger partial charge in [-0.1, -0.05) is 17.7 Å². The van der Waals surface area contributed by atoms with Crippen LogP contribution >= 0.6 is 22.9 Å². The van der Waals surface area contributed by atoms with Crippen molar-refractivity contribution in [1.82, 2.24) is 9.78 Å². The highest BCUT2D eigenvalue weighted by molar-refractivity contribution is 7.14. The summed E-state index contributed by atoms with van der Waals surface area (Å²) < 4.78 is 12.3. The van der Waals surface area contributed by atoms with Crippen molar-refractivity contribution in [2.45, 2.75) is 13.0 Å². The van der Waals surface area contributed by atoms with Crippen LogP contribution in [-0.2, 0) is 9.53 Å². The number of esters is 1. The molecule has 1 aromatic carbocycles. The minimum atomic E-state index is -1.16. The Balaban J connectivity index is 1.55. The van der Waals surface area contributed by atoms with Crippen LogP contribution in [-0.4, -0.2) is 33.7 Å². The summed E-state index contributed by atoms with van der Waals surface area (Å²) in [7, 11) is 0. The second kappa shape index (κ2) is 9.31. The smallest absolute Gasteiger partial charge is 0.359 e. The van der Waals surface area contributed by atoms with Crippen molar-refractivity contribution in [1.29, 1.82) is 0 Å². The van der Waals surface area contributed by atoms with Gasteiger partial charge in [-0.05, 0) is 48.7 Å². The van der Waals surface area contributed by atoms with Crippen LogP contribution in [0.4, 0.5) is 5.00 Å². The Morgan fingerprint density at radius 3 is 2.73 bits per heavy atom. The Hall–Kier alpha value is -3.89. The monoisotopic (exact) mass is 484 g/mol. The molecule has 4 aromatic rings. The molecule has 1 unspecified atom stereocenters. The third-order valence-corrected chi connectivity index (χ3v) is 5.63. The number of furan rings is 1. The Morgan fingerprint density at radius 1 is 1.21 bits per heavy atom. The number of nitrogens with zero attached hydrogens (tertiary/aromatic N) is 2. The third kappa shape index (κ3) is 4.81. The van der Waals surface area contributed by atoms with Crippen LogP contribution in [0.1, 0.15) is 27.8 Å². The number of carbonyl (C=O) groups is 3. The van der Waals surface area contributed by atoms with Crippen LogP contribution in [0.15, 0.2) is 64.6 Å². The molecule has 0 aliphatic heterocycles. The van der Waals surface area contributed by atoms with Gasteiger partial charge in [0.05, 0.1) is 17.5 Å². The van der Waals surface area contributed by atoms with Crippen LogP contribution in [0.5, 0.6) is 0 Å². The molecule has 3 heterocycles. The number of hydrogen-bond acceptors (Lipinski definition) is 7. The van der Waals surface area contributed by atoms with Gasteiger partial charge in [0.2, 0.25) is 0 Å². The van der Waals surface area contributed by atoms with Crippen molar-refractivity contribution in [3.05, 3.63) is 76.5 Å². The van der Waals surface area contributed by atoms with E-state index in [0.29, 0.717) is 22.2 Å². The zero-order chi connectivity index (χ0) is 23.5. The number of carbonyl (C=O) groups excluding carboxylic acids is 3. The van der Waals surface area contributed by atoms with Crippen molar-refractivity contribution < 1.29 is 23.5 Å². The molecule has 0 aliphatic carbocycles. The molecule has 0 radical (unpaired) electrons. The number of thiophene rings is 1.